The molecule has 1 unspecified atom stereocenters. The number of amides is 1. The van der Waals surface area contributed by atoms with Gasteiger partial charge in [0.05, 0.1) is 5.69 Å². The monoisotopic (exact) mass is 355 g/mol. The Morgan fingerprint density at radius 3 is 2.24 bits per heavy atom. The molecule has 1 aliphatic heterocycles. The zero-order chi connectivity index (χ0) is 18.6. The van der Waals surface area contributed by atoms with Gasteiger partial charge < -0.3 is 10.0 Å². The van der Waals surface area contributed by atoms with Gasteiger partial charge in [-0.2, -0.15) is 5.10 Å². The maximum absolute atomic E-state index is 13.1. The molecular weight excluding hydrogens is 332 g/mol. The van der Waals surface area contributed by atoms with Gasteiger partial charge in [-0.05, 0) is 6.07 Å². The summed E-state index contributed by atoms with van der Waals surface area (Å²) in [5, 5.41) is 14.3. The molecule has 1 amide bonds. The van der Waals surface area contributed by atoms with Crippen molar-refractivity contribution in [2.45, 2.75) is 56.9 Å². The second kappa shape index (κ2) is 5.51. The lowest BCUT2D eigenvalue weighted by atomic mass is 9.87. The third-order valence-corrected chi connectivity index (χ3v) is 5.22. The van der Waals surface area contributed by atoms with Gasteiger partial charge in [-0.3, -0.25) is 9.48 Å². The average molecular weight is 355 g/mol. The number of hydrogen-bond donors (Lipinski definition) is 1. The first kappa shape index (κ1) is 17.8. The topological polar surface area (TPSA) is 75.4 Å². The molecule has 0 aromatic carbocycles. The SMILES string of the molecule is CC(C)(C)c1ccn(C2(C(=O)O)CCN(C(=O)C3CC3(F)F)CC2)n1. The van der Waals surface area contributed by atoms with Crippen LogP contribution < -0.4 is 0 Å². The van der Waals surface area contributed by atoms with E-state index in [1.165, 1.54) is 9.58 Å². The van der Waals surface area contributed by atoms with Crippen LogP contribution >= 0.6 is 0 Å². The van der Waals surface area contributed by atoms with E-state index in [4.69, 9.17) is 0 Å². The number of alkyl halides is 2. The quantitative estimate of drug-likeness (QED) is 0.902. The summed E-state index contributed by atoms with van der Waals surface area (Å²) < 4.78 is 27.7. The number of piperidine rings is 1. The van der Waals surface area contributed by atoms with Crippen molar-refractivity contribution in [1.82, 2.24) is 14.7 Å². The minimum absolute atomic E-state index is 0.141. The number of hydrogen-bond acceptors (Lipinski definition) is 3. The standard InChI is InChI=1S/C17H23F2N3O3/c1-15(2,3)12-4-7-22(20-12)16(14(24)25)5-8-21(9-6-16)13(23)11-10-17(11,18)19/h4,7,11H,5-6,8-10H2,1-3H3,(H,24,25). The van der Waals surface area contributed by atoms with Gasteiger partial charge in [-0.1, -0.05) is 20.8 Å². The fraction of sp³-hybridized carbons (Fsp3) is 0.706. The Morgan fingerprint density at radius 2 is 1.84 bits per heavy atom. The minimum Gasteiger partial charge on any atom is -0.479 e. The Hall–Kier alpha value is -1.99. The molecule has 1 atom stereocenters. The molecule has 2 fully saturated rings. The number of halogens is 2. The van der Waals surface area contributed by atoms with E-state index in [0.29, 0.717) is 0 Å². The smallest absolute Gasteiger partial charge is 0.331 e. The third kappa shape index (κ3) is 3.02. The summed E-state index contributed by atoms with van der Waals surface area (Å²) in [6.45, 7) is 6.25. The molecule has 2 heterocycles. The van der Waals surface area contributed by atoms with E-state index in [-0.39, 0.29) is 31.3 Å². The van der Waals surface area contributed by atoms with Crippen LogP contribution in [0.4, 0.5) is 8.78 Å². The Morgan fingerprint density at radius 1 is 1.28 bits per heavy atom. The van der Waals surface area contributed by atoms with Gasteiger partial charge in [0.25, 0.3) is 5.92 Å². The van der Waals surface area contributed by atoms with Crippen molar-refractivity contribution >= 4 is 11.9 Å². The predicted molar refractivity (Wildman–Crippen MR) is 85.4 cm³/mol. The molecule has 8 heteroatoms. The van der Waals surface area contributed by atoms with Crippen LogP contribution in [0, 0.1) is 5.92 Å². The van der Waals surface area contributed by atoms with E-state index < -0.39 is 35.7 Å². The summed E-state index contributed by atoms with van der Waals surface area (Å²) >= 11 is 0. The summed E-state index contributed by atoms with van der Waals surface area (Å²) in [5.41, 5.74) is -0.671. The van der Waals surface area contributed by atoms with Crippen molar-refractivity contribution in [3.8, 4) is 0 Å². The first-order valence-electron chi connectivity index (χ1n) is 8.44. The van der Waals surface area contributed by atoms with Gasteiger partial charge in [0.15, 0.2) is 5.54 Å². The summed E-state index contributed by atoms with van der Waals surface area (Å²) in [5.74, 6) is -5.72. The van der Waals surface area contributed by atoms with E-state index in [1.807, 2.05) is 20.8 Å². The van der Waals surface area contributed by atoms with Gasteiger partial charge in [0.2, 0.25) is 5.91 Å². The Kier molecular flexibility index (Phi) is 3.92. The number of aliphatic carboxylic acids is 1. The second-order valence-corrected chi connectivity index (χ2v) is 8.08. The maximum Gasteiger partial charge on any atom is 0.331 e. The molecule has 1 aromatic rings. The van der Waals surface area contributed by atoms with Crippen LogP contribution in [0.2, 0.25) is 0 Å². The second-order valence-electron chi connectivity index (χ2n) is 8.08. The van der Waals surface area contributed by atoms with Crippen LogP contribution in [0.15, 0.2) is 12.3 Å². The van der Waals surface area contributed by atoms with Crippen molar-refractivity contribution in [3.63, 3.8) is 0 Å². The fourth-order valence-electron chi connectivity index (χ4n) is 3.30. The number of nitrogens with zero attached hydrogens (tertiary/aromatic N) is 3. The predicted octanol–water partition coefficient (Wildman–Crippen LogP) is 2.24. The molecule has 0 bridgehead atoms. The lowest BCUT2D eigenvalue weighted by Gasteiger charge is -2.39. The minimum atomic E-state index is -2.90. The van der Waals surface area contributed by atoms with E-state index >= 15 is 0 Å². The van der Waals surface area contributed by atoms with Crippen LogP contribution in [0.5, 0.6) is 0 Å². The van der Waals surface area contributed by atoms with Crippen LogP contribution in [-0.4, -0.2) is 50.7 Å². The molecule has 138 valence electrons. The molecule has 2 aliphatic rings. The molecule has 0 radical (unpaired) electrons. The highest BCUT2D eigenvalue weighted by atomic mass is 19.3. The molecule has 1 aliphatic carbocycles. The number of carboxylic acids is 1. The molecule has 3 rings (SSSR count). The highest BCUT2D eigenvalue weighted by Crippen LogP contribution is 2.50. The molecule has 1 N–H and O–H groups in total. The number of rotatable bonds is 3. The van der Waals surface area contributed by atoms with Crippen LogP contribution in [0.1, 0.15) is 45.7 Å². The lowest BCUT2D eigenvalue weighted by molar-refractivity contribution is -0.154. The Bertz CT molecular complexity index is 700. The third-order valence-electron chi connectivity index (χ3n) is 5.22. The van der Waals surface area contributed by atoms with Crippen LogP contribution in [-0.2, 0) is 20.5 Å². The first-order valence-corrected chi connectivity index (χ1v) is 8.44. The normalized spacial score (nSPS) is 24.8. The summed E-state index contributed by atoms with van der Waals surface area (Å²) in [7, 11) is 0. The molecule has 1 saturated carbocycles. The molecule has 1 aromatic heterocycles. The van der Waals surface area contributed by atoms with Gasteiger partial charge >= 0.3 is 5.97 Å². The zero-order valence-corrected chi connectivity index (χ0v) is 14.6. The lowest BCUT2D eigenvalue weighted by Crippen LogP contribution is -2.53. The van der Waals surface area contributed by atoms with Crippen molar-refractivity contribution in [2.24, 2.45) is 5.92 Å². The maximum atomic E-state index is 13.1. The fourth-order valence-corrected chi connectivity index (χ4v) is 3.30. The van der Waals surface area contributed by atoms with Crippen molar-refractivity contribution in [1.29, 1.82) is 0 Å². The number of carbonyl (C=O) groups is 2. The highest BCUT2D eigenvalue weighted by molar-refractivity contribution is 5.84. The highest BCUT2D eigenvalue weighted by Gasteiger charge is 2.62. The molecular formula is C17H23F2N3O3. The van der Waals surface area contributed by atoms with Crippen molar-refractivity contribution in [2.75, 3.05) is 13.1 Å². The van der Waals surface area contributed by atoms with E-state index in [9.17, 15) is 23.5 Å². The molecule has 25 heavy (non-hydrogen) atoms. The van der Waals surface area contributed by atoms with Gasteiger partial charge in [0, 0.05) is 44.0 Å². The van der Waals surface area contributed by atoms with Gasteiger partial charge in [-0.15, -0.1) is 0 Å². The Labute approximate surface area is 144 Å². The number of likely N-dealkylation sites (tertiary alicyclic amines) is 1. The van der Waals surface area contributed by atoms with E-state index in [0.717, 1.165) is 5.69 Å². The van der Waals surface area contributed by atoms with Gasteiger partial charge in [-0.25, -0.2) is 13.6 Å². The van der Waals surface area contributed by atoms with Crippen LogP contribution in [0.25, 0.3) is 0 Å². The summed E-state index contributed by atoms with van der Waals surface area (Å²) in [6.07, 6.45) is 1.55. The summed E-state index contributed by atoms with van der Waals surface area (Å²) in [4.78, 5) is 25.4. The van der Waals surface area contributed by atoms with E-state index in [2.05, 4.69) is 5.10 Å². The number of aromatic nitrogens is 2. The zero-order valence-electron chi connectivity index (χ0n) is 14.6. The van der Waals surface area contributed by atoms with Crippen molar-refractivity contribution in [3.05, 3.63) is 18.0 Å². The van der Waals surface area contributed by atoms with Crippen LogP contribution in [0.3, 0.4) is 0 Å². The van der Waals surface area contributed by atoms with E-state index in [1.54, 1.807) is 12.3 Å². The summed E-state index contributed by atoms with van der Waals surface area (Å²) in [6, 6.07) is 1.80. The molecule has 0 spiro atoms. The Balaban J connectivity index is 1.77. The first-order chi connectivity index (χ1) is 11.5. The molecule has 6 nitrogen and oxygen atoms in total. The van der Waals surface area contributed by atoms with Crippen molar-refractivity contribution < 1.29 is 23.5 Å². The largest absolute Gasteiger partial charge is 0.479 e. The molecule has 1 saturated heterocycles. The van der Waals surface area contributed by atoms with Gasteiger partial charge in [0.1, 0.15) is 5.92 Å². The average Bonchev–Trinajstić information content (AvgIpc) is 2.95. The number of carboxylic acid groups (broad SMARTS) is 1. The number of carbonyl (C=O) groups excluding carboxylic acids is 1.